The van der Waals surface area contributed by atoms with E-state index in [0.29, 0.717) is 17.9 Å². The maximum absolute atomic E-state index is 11.5. The van der Waals surface area contributed by atoms with Crippen LogP contribution in [0.4, 0.5) is 0 Å². The van der Waals surface area contributed by atoms with Crippen LogP contribution in [-0.2, 0) is 4.79 Å². The van der Waals surface area contributed by atoms with Crippen molar-refractivity contribution < 1.29 is 19.4 Å². The van der Waals surface area contributed by atoms with Crippen LogP contribution >= 0.6 is 0 Å². The van der Waals surface area contributed by atoms with Gasteiger partial charge >= 0.3 is 5.97 Å². The van der Waals surface area contributed by atoms with E-state index < -0.39 is 12.1 Å². The van der Waals surface area contributed by atoms with Gasteiger partial charge in [0.1, 0.15) is 5.75 Å². The zero-order valence-electron chi connectivity index (χ0n) is 10.7. The fourth-order valence-electron chi connectivity index (χ4n) is 1.53. The van der Waals surface area contributed by atoms with Crippen molar-refractivity contribution in [1.29, 1.82) is 0 Å². The van der Waals surface area contributed by atoms with E-state index in [1.165, 1.54) is 6.07 Å². The number of carbonyl (C=O) groups is 2. The lowest BCUT2D eigenvalue weighted by molar-refractivity contribution is -0.127. The minimum atomic E-state index is -0.976. The Morgan fingerprint density at radius 3 is 2.61 bits per heavy atom. The molecule has 0 aromatic heterocycles. The highest BCUT2D eigenvalue weighted by Crippen LogP contribution is 2.18. The molecule has 0 saturated carbocycles. The fraction of sp³-hybridized carbons (Fsp3) is 0.385. The first kappa shape index (κ1) is 14.0. The quantitative estimate of drug-likeness (QED) is 0.833. The van der Waals surface area contributed by atoms with Crippen LogP contribution in [-0.4, -0.2) is 29.6 Å². The van der Waals surface area contributed by atoms with E-state index in [9.17, 15) is 9.59 Å². The van der Waals surface area contributed by atoms with Crippen LogP contribution in [0.15, 0.2) is 18.2 Å². The van der Waals surface area contributed by atoms with E-state index >= 15 is 0 Å². The number of amides is 1. The van der Waals surface area contributed by atoms with Crippen LogP contribution < -0.4 is 10.1 Å². The smallest absolute Gasteiger partial charge is 0.335 e. The third kappa shape index (κ3) is 3.48. The van der Waals surface area contributed by atoms with Gasteiger partial charge < -0.3 is 15.2 Å². The van der Waals surface area contributed by atoms with Gasteiger partial charge in [0.05, 0.1) is 5.56 Å². The van der Waals surface area contributed by atoms with Gasteiger partial charge in [0.25, 0.3) is 5.91 Å². The Kier molecular flexibility index (Phi) is 4.71. The summed E-state index contributed by atoms with van der Waals surface area (Å²) in [5.74, 6) is -0.690. The molecule has 0 fully saturated rings. The molecule has 1 atom stereocenters. The van der Waals surface area contributed by atoms with Crippen LogP contribution in [0.5, 0.6) is 5.75 Å². The second-order valence-electron chi connectivity index (χ2n) is 3.94. The van der Waals surface area contributed by atoms with E-state index in [1.807, 2.05) is 6.92 Å². The summed E-state index contributed by atoms with van der Waals surface area (Å²) in [4.78, 5) is 22.3. The topological polar surface area (TPSA) is 75.6 Å². The second kappa shape index (κ2) is 6.05. The second-order valence-corrected chi connectivity index (χ2v) is 3.94. The maximum Gasteiger partial charge on any atom is 0.335 e. The average Bonchev–Trinajstić information content (AvgIpc) is 2.28. The average molecular weight is 251 g/mol. The molecule has 0 radical (unpaired) electrons. The van der Waals surface area contributed by atoms with Crippen molar-refractivity contribution in [3.05, 3.63) is 29.3 Å². The van der Waals surface area contributed by atoms with Crippen molar-refractivity contribution in [2.75, 3.05) is 6.54 Å². The largest absolute Gasteiger partial charge is 0.481 e. The summed E-state index contributed by atoms with van der Waals surface area (Å²) < 4.78 is 5.44. The lowest BCUT2D eigenvalue weighted by atomic mass is 10.1. The molecule has 0 bridgehead atoms. The fourth-order valence-corrected chi connectivity index (χ4v) is 1.53. The zero-order chi connectivity index (χ0) is 13.7. The number of carboxylic acid groups (broad SMARTS) is 1. The summed E-state index contributed by atoms with van der Waals surface area (Å²) in [7, 11) is 0. The molecule has 1 aromatic carbocycles. The molecule has 0 heterocycles. The van der Waals surface area contributed by atoms with Gasteiger partial charge in [-0.1, -0.05) is 0 Å². The maximum atomic E-state index is 11.5. The van der Waals surface area contributed by atoms with E-state index in [-0.39, 0.29) is 11.5 Å². The van der Waals surface area contributed by atoms with Crippen molar-refractivity contribution in [3.8, 4) is 5.75 Å². The van der Waals surface area contributed by atoms with Gasteiger partial charge in [-0.05, 0) is 44.5 Å². The zero-order valence-corrected chi connectivity index (χ0v) is 10.7. The third-order valence-electron chi connectivity index (χ3n) is 2.46. The molecule has 0 saturated heterocycles. The predicted octanol–water partition coefficient (Wildman–Crippen LogP) is 1.60. The van der Waals surface area contributed by atoms with Gasteiger partial charge in [-0.15, -0.1) is 0 Å². The highest BCUT2D eigenvalue weighted by molar-refractivity contribution is 5.89. The van der Waals surface area contributed by atoms with E-state index in [1.54, 1.807) is 26.0 Å². The Morgan fingerprint density at radius 1 is 1.44 bits per heavy atom. The molecule has 0 aliphatic carbocycles. The molecule has 1 aromatic rings. The molecule has 5 heteroatoms. The van der Waals surface area contributed by atoms with Gasteiger partial charge in [-0.3, -0.25) is 4.79 Å². The standard InChI is InChI=1S/C13H17NO4/c1-4-14-12(15)9(3)18-10-5-6-11(13(16)17)8(2)7-10/h5-7,9H,4H2,1-3H3,(H,14,15)(H,16,17). The number of aromatic carboxylic acids is 1. The Balaban J connectivity index is 2.77. The lowest BCUT2D eigenvalue weighted by Crippen LogP contribution is -2.36. The molecular formula is C13H17NO4. The van der Waals surface area contributed by atoms with Crippen molar-refractivity contribution in [1.82, 2.24) is 5.32 Å². The Bertz CT molecular complexity index is 456. The number of benzene rings is 1. The normalized spacial score (nSPS) is 11.7. The van der Waals surface area contributed by atoms with Gasteiger partial charge in [0, 0.05) is 6.54 Å². The number of hydrogen-bond donors (Lipinski definition) is 2. The van der Waals surface area contributed by atoms with Crippen LogP contribution in [0.3, 0.4) is 0 Å². The molecule has 5 nitrogen and oxygen atoms in total. The minimum Gasteiger partial charge on any atom is -0.481 e. The van der Waals surface area contributed by atoms with Crippen molar-refractivity contribution >= 4 is 11.9 Å². The Morgan fingerprint density at radius 2 is 2.11 bits per heavy atom. The number of ether oxygens (including phenoxy) is 1. The van der Waals surface area contributed by atoms with E-state index in [0.717, 1.165) is 0 Å². The summed E-state index contributed by atoms with van der Waals surface area (Å²) in [6.07, 6.45) is -0.611. The number of carbonyl (C=O) groups excluding carboxylic acids is 1. The van der Waals surface area contributed by atoms with Crippen molar-refractivity contribution in [2.45, 2.75) is 26.9 Å². The Hall–Kier alpha value is -2.04. The molecule has 1 rings (SSSR count). The van der Waals surface area contributed by atoms with Gasteiger partial charge in [-0.2, -0.15) is 0 Å². The Labute approximate surface area is 106 Å². The number of hydrogen-bond acceptors (Lipinski definition) is 3. The molecular weight excluding hydrogens is 234 g/mol. The summed E-state index contributed by atoms with van der Waals surface area (Å²) >= 11 is 0. The molecule has 0 spiro atoms. The van der Waals surface area contributed by atoms with Gasteiger partial charge in [0.2, 0.25) is 0 Å². The van der Waals surface area contributed by atoms with Crippen LogP contribution in [0, 0.1) is 6.92 Å². The van der Waals surface area contributed by atoms with Gasteiger partial charge in [-0.25, -0.2) is 4.79 Å². The van der Waals surface area contributed by atoms with E-state index in [2.05, 4.69) is 5.32 Å². The first-order chi connectivity index (χ1) is 8.45. The predicted molar refractivity (Wildman–Crippen MR) is 66.9 cm³/mol. The van der Waals surface area contributed by atoms with Crippen molar-refractivity contribution in [2.24, 2.45) is 0 Å². The number of carboxylic acids is 1. The molecule has 18 heavy (non-hydrogen) atoms. The number of nitrogens with one attached hydrogen (secondary N) is 1. The van der Waals surface area contributed by atoms with Crippen molar-refractivity contribution in [3.63, 3.8) is 0 Å². The van der Waals surface area contributed by atoms with Crippen LogP contribution in [0.2, 0.25) is 0 Å². The summed E-state index contributed by atoms with van der Waals surface area (Å²) in [5, 5.41) is 11.5. The monoisotopic (exact) mass is 251 g/mol. The summed E-state index contributed by atoms with van der Waals surface area (Å²) in [6, 6.07) is 4.63. The first-order valence-electron chi connectivity index (χ1n) is 5.74. The van der Waals surface area contributed by atoms with E-state index in [4.69, 9.17) is 9.84 Å². The summed E-state index contributed by atoms with van der Waals surface area (Å²) in [5.41, 5.74) is 0.830. The molecule has 0 aliphatic rings. The number of aryl methyl sites for hydroxylation is 1. The molecule has 2 N–H and O–H groups in total. The first-order valence-corrected chi connectivity index (χ1v) is 5.74. The van der Waals surface area contributed by atoms with Crippen LogP contribution in [0.1, 0.15) is 29.8 Å². The molecule has 1 amide bonds. The highest BCUT2D eigenvalue weighted by atomic mass is 16.5. The SMILES string of the molecule is CCNC(=O)C(C)Oc1ccc(C(=O)O)c(C)c1. The van der Waals surface area contributed by atoms with Crippen LogP contribution in [0.25, 0.3) is 0 Å². The highest BCUT2D eigenvalue weighted by Gasteiger charge is 2.14. The third-order valence-corrected chi connectivity index (χ3v) is 2.46. The lowest BCUT2D eigenvalue weighted by Gasteiger charge is -2.14. The number of likely N-dealkylation sites (N-methyl/N-ethyl adjacent to an activating group) is 1. The number of rotatable bonds is 5. The molecule has 98 valence electrons. The minimum absolute atomic E-state index is 0.197. The molecule has 1 unspecified atom stereocenters. The summed E-state index contributed by atoms with van der Waals surface area (Å²) in [6.45, 7) is 5.71. The van der Waals surface area contributed by atoms with Gasteiger partial charge in [0.15, 0.2) is 6.10 Å². The molecule has 0 aliphatic heterocycles.